The smallest absolute Gasteiger partial charge is 0.223 e. The molecule has 1 aliphatic heterocycles. The van der Waals surface area contributed by atoms with E-state index in [1.165, 1.54) is 11.1 Å². The maximum absolute atomic E-state index is 12.8. The maximum atomic E-state index is 12.8. The van der Waals surface area contributed by atoms with Crippen LogP contribution in [0.2, 0.25) is 5.02 Å². The Morgan fingerprint density at radius 1 is 1.15 bits per heavy atom. The molecule has 1 N–H and O–H groups in total. The summed E-state index contributed by atoms with van der Waals surface area (Å²) in [6.07, 6.45) is 2.71. The number of carbonyl (C=O) groups excluding carboxylic acids is 1. The summed E-state index contributed by atoms with van der Waals surface area (Å²) in [5.74, 6) is 0.298. The minimum absolute atomic E-state index is 0.0965. The van der Waals surface area contributed by atoms with Crippen LogP contribution in [0.15, 0.2) is 48.5 Å². The van der Waals surface area contributed by atoms with Gasteiger partial charge in [0.25, 0.3) is 0 Å². The molecule has 1 fully saturated rings. The van der Waals surface area contributed by atoms with Gasteiger partial charge in [-0.2, -0.15) is 0 Å². The van der Waals surface area contributed by atoms with Crippen LogP contribution in [0.3, 0.4) is 0 Å². The molecule has 0 unspecified atom stereocenters. The summed E-state index contributed by atoms with van der Waals surface area (Å²) in [5, 5.41) is 4.09. The van der Waals surface area contributed by atoms with Crippen LogP contribution in [-0.2, 0) is 11.3 Å². The van der Waals surface area contributed by atoms with Crippen LogP contribution < -0.4 is 5.32 Å². The number of aryl methyl sites for hydroxylation is 1. The first kappa shape index (κ1) is 19.9. The molecule has 2 aromatic rings. The van der Waals surface area contributed by atoms with E-state index in [1.54, 1.807) is 0 Å². The molecule has 27 heavy (non-hydrogen) atoms. The standard InChI is InChI=1S/C23H29ClN2O/c1-3-22(18-10-8-17(2)9-11-18)25-23(27)19-12-14-26(15-13-19)16-20-6-4-5-7-21(20)24/h4-11,19,22H,3,12-16H2,1-2H3,(H,25,27)/t22-/m1/s1. The molecule has 0 spiro atoms. The molecule has 1 amide bonds. The van der Waals surface area contributed by atoms with Gasteiger partial charge in [-0.1, -0.05) is 66.6 Å². The molecule has 3 rings (SSSR count). The minimum atomic E-state index is 0.0965. The Bertz CT molecular complexity index is 751. The van der Waals surface area contributed by atoms with Gasteiger partial charge in [0.1, 0.15) is 0 Å². The van der Waals surface area contributed by atoms with Crippen molar-refractivity contribution in [2.24, 2.45) is 5.92 Å². The van der Waals surface area contributed by atoms with E-state index in [0.717, 1.165) is 49.5 Å². The maximum Gasteiger partial charge on any atom is 0.223 e. The highest BCUT2D eigenvalue weighted by atomic mass is 35.5. The fraction of sp³-hybridized carbons (Fsp3) is 0.435. The Labute approximate surface area is 167 Å². The molecule has 0 saturated carbocycles. The van der Waals surface area contributed by atoms with Gasteiger partial charge in [0, 0.05) is 17.5 Å². The van der Waals surface area contributed by atoms with Gasteiger partial charge in [-0.3, -0.25) is 9.69 Å². The van der Waals surface area contributed by atoms with Gasteiger partial charge >= 0.3 is 0 Å². The molecule has 1 atom stereocenters. The molecule has 0 radical (unpaired) electrons. The van der Waals surface area contributed by atoms with Crippen LogP contribution in [-0.4, -0.2) is 23.9 Å². The second kappa shape index (κ2) is 9.38. The van der Waals surface area contributed by atoms with E-state index < -0.39 is 0 Å². The molecule has 0 aliphatic carbocycles. The summed E-state index contributed by atoms with van der Waals surface area (Å²) >= 11 is 6.27. The van der Waals surface area contributed by atoms with Crippen molar-refractivity contribution in [2.75, 3.05) is 13.1 Å². The van der Waals surface area contributed by atoms with Crippen molar-refractivity contribution in [1.29, 1.82) is 0 Å². The summed E-state index contributed by atoms with van der Waals surface area (Å²) in [4.78, 5) is 15.2. The summed E-state index contributed by atoms with van der Waals surface area (Å²) in [6.45, 7) is 6.93. The Balaban J connectivity index is 1.52. The van der Waals surface area contributed by atoms with E-state index in [4.69, 9.17) is 11.6 Å². The Morgan fingerprint density at radius 3 is 2.44 bits per heavy atom. The predicted octanol–water partition coefficient (Wildman–Crippen LogP) is 5.13. The van der Waals surface area contributed by atoms with Gasteiger partial charge in [-0.15, -0.1) is 0 Å². The van der Waals surface area contributed by atoms with Crippen LogP contribution in [0, 0.1) is 12.8 Å². The van der Waals surface area contributed by atoms with Crippen molar-refractivity contribution < 1.29 is 4.79 Å². The fourth-order valence-corrected chi connectivity index (χ4v) is 3.93. The quantitative estimate of drug-likeness (QED) is 0.748. The lowest BCUT2D eigenvalue weighted by atomic mass is 9.94. The zero-order valence-electron chi connectivity index (χ0n) is 16.2. The molecular weight excluding hydrogens is 356 g/mol. The lowest BCUT2D eigenvalue weighted by Gasteiger charge is -2.32. The SMILES string of the molecule is CC[C@@H](NC(=O)C1CCN(Cc2ccccc2Cl)CC1)c1ccc(C)cc1. The summed E-state index contributed by atoms with van der Waals surface area (Å²) < 4.78 is 0. The Morgan fingerprint density at radius 2 is 1.81 bits per heavy atom. The molecule has 0 aromatic heterocycles. The van der Waals surface area contributed by atoms with Crippen molar-refractivity contribution in [3.63, 3.8) is 0 Å². The number of nitrogens with one attached hydrogen (secondary N) is 1. The number of nitrogens with zero attached hydrogens (tertiary/aromatic N) is 1. The number of halogens is 1. The highest BCUT2D eigenvalue weighted by Gasteiger charge is 2.26. The first-order valence-electron chi connectivity index (χ1n) is 9.89. The largest absolute Gasteiger partial charge is 0.349 e. The molecular formula is C23H29ClN2O. The molecule has 1 heterocycles. The second-order valence-electron chi connectivity index (χ2n) is 7.52. The molecule has 144 valence electrons. The van der Waals surface area contributed by atoms with Gasteiger partial charge in [-0.05, 0) is 56.5 Å². The summed E-state index contributed by atoms with van der Waals surface area (Å²) in [5.41, 5.74) is 3.59. The summed E-state index contributed by atoms with van der Waals surface area (Å²) in [7, 11) is 0. The van der Waals surface area contributed by atoms with Gasteiger partial charge in [0.05, 0.1) is 6.04 Å². The lowest BCUT2D eigenvalue weighted by molar-refractivity contribution is -0.127. The normalized spacial score (nSPS) is 16.9. The molecule has 1 saturated heterocycles. The number of rotatable bonds is 6. The third-order valence-corrected chi connectivity index (χ3v) is 5.88. The monoisotopic (exact) mass is 384 g/mol. The van der Waals surface area contributed by atoms with Crippen LogP contribution >= 0.6 is 11.6 Å². The zero-order chi connectivity index (χ0) is 19.2. The fourth-order valence-electron chi connectivity index (χ4n) is 3.73. The number of benzene rings is 2. The first-order valence-corrected chi connectivity index (χ1v) is 10.3. The number of amides is 1. The third kappa shape index (κ3) is 5.33. The van der Waals surface area contributed by atoms with E-state index in [9.17, 15) is 4.79 Å². The molecule has 1 aliphatic rings. The van der Waals surface area contributed by atoms with E-state index in [2.05, 4.69) is 54.4 Å². The van der Waals surface area contributed by atoms with Crippen LogP contribution in [0.25, 0.3) is 0 Å². The van der Waals surface area contributed by atoms with Gasteiger partial charge < -0.3 is 5.32 Å². The molecule has 0 bridgehead atoms. The molecule has 2 aromatic carbocycles. The second-order valence-corrected chi connectivity index (χ2v) is 7.93. The van der Waals surface area contributed by atoms with Gasteiger partial charge in [-0.25, -0.2) is 0 Å². The molecule has 4 heteroatoms. The summed E-state index contributed by atoms with van der Waals surface area (Å²) in [6, 6.07) is 16.6. The average Bonchev–Trinajstić information content (AvgIpc) is 2.69. The van der Waals surface area contributed by atoms with Crippen LogP contribution in [0.1, 0.15) is 48.9 Å². The lowest BCUT2D eigenvalue weighted by Crippen LogP contribution is -2.41. The zero-order valence-corrected chi connectivity index (χ0v) is 17.0. The third-order valence-electron chi connectivity index (χ3n) is 5.51. The van der Waals surface area contributed by atoms with E-state index >= 15 is 0 Å². The Hall–Kier alpha value is -1.84. The van der Waals surface area contributed by atoms with E-state index in [0.29, 0.717) is 0 Å². The van der Waals surface area contributed by atoms with Crippen molar-refractivity contribution in [3.8, 4) is 0 Å². The van der Waals surface area contributed by atoms with E-state index in [-0.39, 0.29) is 17.9 Å². The topological polar surface area (TPSA) is 32.3 Å². The van der Waals surface area contributed by atoms with Crippen molar-refractivity contribution in [2.45, 2.75) is 45.7 Å². The van der Waals surface area contributed by atoms with Gasteiger partial charge in [0.15, 0.2) is 0 Å². The first-order chi connectivity index (χ1) is 13.1. The number of hydrogen-bond donors (Lipinski definition) is 1. The van der Waals surface area contributed by atoms with Crippen molar-refractivity contribution >= 4 is 17.5 Å². The van der Waals surface area contributed by atoms with Crippen molar-refractivity contribution in [1.82, 2.24) is 10.2 Å². The predicted molar refractivity (Wildman–Crippen MR) is 112 cm³/mol. The van der Waals surface area contributed by atoms with Crippen molar-refractivity contribution in [3.05, 3.63) is 70.2 Å². The number of likely N-dealkylation sites (tertiary alicyclic amines) is 1. The number of hydrogen-bond acceptors (Lipinski definition) is 2. The molecule has 3 nitrogen and oxygen atoms in total. The average molecular weight is 385 g/mol. The Kier molecular flexibility index (Phi) is 6.92. The highest BCUT2D eigenvalue weighted by Crippen LogP contribution is 2.24. The van der Waals surface area contributed by atoms with E-state index in [1.807, 2.05) is 18.2 Å². The number of piperidine rings is 1. The highest BCUT2D eigenvalue weighted by molar-refractivity contribution is 6.31. The van der Waals surface area contributed by atoms with Crippen LogP contribution in [0.5, 0.6) is 0 Å². The van der Waals surface area contributed by atoms with Crippen LogP contribution in [0.4, 0.5) is 0 Å². The number of carbonyl (C=O) groups is 1. The van der Waals surface area contributed by atoms with Gasteiger partial charge in [0.2, 0.25) is 5.91 Å². The minimum Gasteiger partial charge on any atom is -0.349 e.